The van der Waals surface area contributed by atoms with E-state index in [4.69, 9.17) is 4.74 Å². The van der Waals surface area contributed by atoms with Crippen molar-refractivity contribution in [3.05, 3.63) is 95.6 Å². The summed E-state index contributed by atoms with van der Waals surface area (Å²) >= 11 is 0. The summed E-state index contributed by atoms with van der Waals surface area (Å²) in [5, 5.41) is 5.67. The van der Waals surface area contributed by atoms with Crippen LogP contribution in [0.15, 0.2) is 78.9 Å². The van der Waals surface area contributed by atoms with Crippen LogP contribution < -0.4 is 15.4 Å². The average Bonchev–Trinajstić information content (AvgIpc) is 2.77. The molecule has 5 nitrogen and oxygen atoms in total. The minimum absolute atomic E-state index is 0.0542. The first-order chi connectivity index (χ1) is 14.1. The number of hydrogen-bond acceptors (Lipinski definition) is 3. The molecule has 3 rings (SSSR count). The van der Waals surface area contributed by atoms with Gasteiger partial charge in [-0.25, -0.2) is 0 Å². The molecule has 29 heavy (non-hydrogen) atoms. The first-order valence-electron chi connectivity index (χ1n) is 9.58. The van der Waals surface area contributed by atoms with Crippen LogP contribution in [0.5, 0.6) is 5.75 Å². The zero-order chi connectivity index (χ0) is 20.5. The molecular formula is C24H24N2O3. The highest BCUT2D eigenvalue weighted by molar-refractivity contribution is 6.04. The Labute approximate surface area is 170 Å². The number of aryl methyl sites for hydroxylation is 1. The Bertz CT molecular complexity index is 971. The normalized spacial score (nSPS) is 10.2. The molecule has 0 spiro atoms. The molecular weight excluding hydrogens is 364 g/mol. The van der Waals surface area contributed by atoms with Gasteiger partial charge in [0.25, 0.3) is 11.8 Å². The predicted octanol–water partition coefficient (Wildman–Crippen LogP) is 4.20. The van der Waals surface area contributed by atoms with Crippen molar-refractivity contribution >= 4 is 17.5 Å². The second-order valence-corrected chi connectivity index (χ2v) is 6.59. The maximum Gasteiger partial charge on any atom is 0.258 e. The third-order valence-corrected chi connectivity index (χ3v) is 4.39. The number of amides is 2. The molecule has 3 aromatic carbocycles. The summed E-state index contributed by atoms with van der Waals surface area (Å²) < 4.78 is 5.55. The highest BCUT2D eigenvalue weighted by Crippen LogP contribution is 2.14. The number of para-hydroxylation sites is 1. The van der Waals surface area contributed by atoms with Gasteiger partial charge in [-0.3, -0.25) is 9.59 Å². The molecule has 0 aliphatic carbocycles. The lowest BCUT2D eigenvalue weighted by molar-refractivity contribution is -0.123. The molecule has 0 aliphatic rings. The van der Waals surface area contributed by atoms with E-state index in [9.17, 15) is 9.59 Å². The van der Waals surface area contributed by atoms with E-state index in [-0.39, 0.29) is 18.4 Å². The zero-order valence-electron chi connectivity index (χ0n) is 16.4. The first-order valence-corrected chi connectivity index (χ1v) is 9.58. The first kappa shape index (κ1) is 20.1. The van der Waals surface area contributed by atoms with Crippen molar-refractivity contribution in [1.82, 2.24) is 5.32 Å². The maximum atomic E-state index is 12.4. The van der Waals surface area contributed by atoms with Gasteiger partial charge in [0.1, 0.15) is 5.75 Å². The molecule has 0 unspecified atom stereocenters. The number of anilines is 1. The van der Waals surface area contributed by atoms with Crippen LogP contribution in [0, 0.1) is 0 Å². The van der Waals surface area contributed by atoms with Crippen LogP contribution in [0.3, 0.4) is 0 Å². The lowest BCUT2D eigenvalue weighted by Crippen LogP contribution is -2.28. The van der Waals surface area contributed by atoms with E-state index in [0.29, 0.717) is 17.9 Å². The molecule has 2 N–H and O–H groups in total. The lowest BCUT2D eigenvalue weighted by atomic mass is 10.1. The Morgan fingerprint density at radius 3 is 2.41 bits per heavy atom. The molecule has 0 aliphatic heterocycles. The Morgan fingerprint density at radius 1 is 0.862 bits per heavy atom. The molecule has 5 heteroatoms. The van der Waals surface area contributed by atoms with Gasteiger partial charge in [0.2, 0.25) is 0 Å². The van der Waals surface area contributed by atoms with Gasteiger partial charge in [-0.1, -0.05) is 49.4 Å². The quantitative estimate of drug-likeness (QED) is 0.608. The van der Waals surface area contributed by atoms with Crippen LogP contribution in [-0.4, -0.2) is 18.4 Å². The molecule has 0 fully saturated rings. The molecule has 0 heterocycles. The average molecular weight is 388 g/mol. The van der Waals surface area contributed by atoms with Crippen molar-refractivity contribution in [3.8, 4) is 5.75 Å². The van der Waals surface area contributed by atoms with Crippen molar-refractivity contribution in [2.45, 2.75) is 19.9 Å². The summed E-state index contributed by atoms with van der Waals surface area (Å²) in [4.78, 5) is 24.5. The van der Waals surface area contributed by atoms with E-state index in [1.807, 2.05) is 60.7 Å². The highest BCUT2D eigenvalue weighted by Gasteiger charge is 2.08. The van der Waals surface area contributed by atoms with Gasteiger partial charge in [0, 0.05) is 17.8 Å². The Kier molecular flexibility index (Phi) is 7.00. The molecule has 0 saturated carbocycles. The van der Waals surface area contributed by atoms with Crippen LogP contribution in [0.4, 0.5) is 5.69 Å². The van der Waals surface area contributed by atoms with Crippen molar-refractivity contribution in [2.75, 3.05) is 11.9 Å². The van der Waals surface area contributed by atoms with E-state index in [1.54, 1.807) is 18.2 Å². The standard InChI is InChI=1S/C24H24N2O3/c1-2-18-8-7-13-22(15-18)29-17-23(27)25-16-19-9-6-10-20(14-19)24(28)26-21-11-4-3-5-12-21/h3-15H,2,16-17H2,1H3,(H,25,27)(H,26,28). The lowest BCUT2D eigenvalue weighted by Gasteiger charge is -2.10. The van der Waals surface area contributed by atoms with Crippen molar-refractivity contribution < 1.29 is 14.3 Å². The van der Waals surface area contributed by atoms with Crippen molar-refractivity contribution in [1.29, 1.82) is 0 Å². The third kappa shape index (κ3) is 6.21. The second kappa shape index (κ2) is 10.1. The Balaban J connectivity index is 1.50. The van der Waals surface area contributed by atoms with Gasteiger partial charge >= 0.3 is 0 Å². The number of rotatable bonds is 8. The van der Waals surface area contributed by atoms with Gasteiger partial charge < -0.3 is 15.4 Å². The molecule has 0 bridgehead atoms. The van der Waals surface area contributed by atoms with Crippen molar-refractivity contribution in [3.63, 3.8) is 0 Å². The van der Waals surface area contributed by atoms with Crippen LogP contribution >= 0.6 is 0 Å². The van der Waals surface area contributed by atoms with E-state index in [1.165, 1.54) is 0 Å². The summed E-state index contributed by atoms with van der Waals surface area (Å²) in [5.41, 5.74) is 3.27. The topological polar surface area (TPSA) is 67.4 Å². The van der Waals surface area contributed by atoms with Gasteiger partial charge in [0.15, 0.2) is 6.61 Å². The molecule has 0 atom stereocenters. The minimum Gasteiger partial charge on any atom is -0.484 e. The number of benzene rings is 3. The monoisotopic (exact) mass is 388 g/mol. The summed E-state index contributed by atoms with van der Waals surface area (Å²) in [6.45, 7) is 2.34. The van der Waals surface area contributed by atoms with Crippen LogP contribution in [0.2, 0.25) is 0 Å². The van der Waals surface area contributed by atoms with Crippen LogP contribution in [0.1, 0.15) is 28.4 Å². The number of nitrogens with one attached hydrogen (secondary N) is 2. The number of carbonyl (C=O) groups excluding carboxylic acids is 2. The smallest absolute Gasteiger partial charge is 0.258 e. The molecule has 0 radical (unpaired) electrons. The van der Waals surface area contributed by atoms with E-state index < -0.39 is 0 Å². The molecule has 148 valence electrons. The SMILES string of the molecule is CCc1cccc(OCC(=O)NCc2cccc(C(=O)Nc3ccccc3)c2)c1. The molecule has 0 saturated heterocycles. The van der Waals surface area contributed by atoms with Crippen LogP contribution in [0.25, 0.3) is 0 Å². The second-order valence-electron chi connectivity index (χ2n) is 6.59. The highest BCUT2D eigenvalue weighted by atomic mass is 16.5. The fraction of sp³-hybridized carbons (Fsp3) is 0.167. The summed E-state index contributed by atoms with van der Waals surface area (Å²) in [7, 11) is 0. The van der Waals surface area contributed by atoms with Crippen LogP contribution in [-0.2, 0) is 17.8 Å². The fourth-order valence-corrected chi connectivity index (χ4v) is 2.80. The van der Waals surface area contributed by atoms with E-state index in [2.05, 4.69) is 17.6 Å². The summed E-state index contributed by atoms with van der Waals surface area (Å²) in [6.07, 6.45) is 0.914. The summed E-state index contributed by atoms with van der Waals surface area (Å²) in [5.74, 6) is 0.272. The van der Waals surface area contributed by atoms with Gasteiger partial charge in [-0.15, -0.1) is 0 Å². The molecule has 2 amide bonds. The number of ether oxygens (including phenoxy) is 1. The minimum atomic E-state index is -0.217. The predicted molar refractivity (Wildman–Crippen MR) is 114 cm³/mol. The zero-order valence-corrected chi connectivity index (χ0v) is 16.4. The Hall–Kier alpha value is -3.60. The van der Waals surface area contributed by atoms with E-state index >= 15 is 0 Å². The molecule has 3 aromatic rings. The third-order valence-electron chi connectivity index (χ3n) is 4.39. The maximum absolute atomic E-state index is 12.4. The number of hydrogen-bond donors (Lipinski definition) is 2. The fourth-order valence-electron chi connectivity index (χ4n) is 2.80. The van der Waals surface area contributed by atoms with E-state index in [0.717, 1.165) is 23.2 Å². The largest absolute Gasteiger partial charge is 0.484 e. The Morgan fingerprint density at radius 2 is 1.62 bits per heavy atom. The van der Waals surface area contributed by atoms with Gasteiger partial charge in [-0.05, 0) is 53.9 Å². The molecule has 0 aromatic heterocycles. The van der Waals surface area contributed by atoms with Crippen molar-refractivity contribution in [2.24, 2.45) is 0 Å². The van der Waals surface area contributed by atoms with Gasteiger partial charge in [-0.2, -0.15) is 0 Å². The summed E-state index contributed by atoms with van der Waals surface area (Å²) in [6, 6.07) is 24.2. The van der Waals surface area contributed by atoms with Gasteiger partial charge in [0.05, 0.1) is 0 Å². The number of carbonyl (C=O) groups is 2.